The first-order chi connectivity index (χ1) is 3.39. The maximum atomic E-state index is 5.34. The third-order valence-electron chi connectivity index (χ3n) is 0.744. The van der Waals surface area contributed by atoms with E-state index >= 15 is 0 Å². The van der Waals surface area contributed by atoms with Crippen molar-refractivity contribution in [1.29, 1.82) is 0 Å². The standard InChI is InChI=1S/C6H6N.Li/c7-6-4-2-1-3-5-6;/h2-5H,7H2;/q-1;+1. The van der Waals surface area contributed by atoms with Gasteiger partial charge in [-0.15, -0.1) is 12.1 Å². The quantitative estimate of drug-likeness (QED) is 0.229. The van der Waals surface area contributed by atoms with Gasteiger partial charge < -0.3 is 5.73 Å². The van der Waals surface area contributed by atoms with E-state index in [2.05, 4.69) is 6.07 Å². The molecule has 0 aliphatic rings. The van der Waals surface area contributed by atoms with Gasteiger partial charge in [-0.1, -0.05) is 5.69 Å². The molecule has 0 unspecified atom stereocenters. The number of benzene rings is 1. The van der Waals surface area contributed by atoms with Gasteiger partial charge in [-0.3, -0.25) is 0 Å². The minimum absolute atomic E-state index is 0. The van der Waals surface area contributed by atoms with Gasteiger partial charge in [-0.05, 0) is 0 Å². The van der Waals surface area contributed by atoms with Crippen LogP contribution in [0.15, 0.2) is 24.3 Å². The first-order valence-electron chi connectivity index (χ1n) is 2.11. The van der Waals surface area contributed by atoms with E-state index in [1.807, 2.05) is 0 Å². The van der Waals surface area contributed by atoms with Crippen molar-refractivity contribution in [3.05, 3.63) is 30.3 Å². The molecule has 0 saturated carbocycles. The summed E-state index contributed by atoms with van der Waals surface area (Å²) in [6.45, 7) is 0. The van der Waals surface area contributed by atoms with Gasteiger partial charge in [0, 0.05) is 0 Å². The minimum Gasteiger partial charge on any atom is -0.419 e. The second-order valence-electron chi connectivity index (χ2n) is 1.33. The van der Waals surface area contributed by atoms with Crippen molar-refractivity contribution in [2.24, 2.45) is 0 Å². The Morgan fingerprint density at radius 2 is 1.75 bits per heavy atom. The zero-order chi connectivity index (χ0) is 5.11. The Morgan fingerprint density at radius 3 is 2.00 bits per heavy atom. The predicted molar refractivity (Wildman–Crippen MR) is 29.7 cm³/mol. The van der Waals surface area contributed by atoms with E-state index in [1.54, 1.807) is 24.3 Å². The first kappa shape index (κ1) is 7.62. The van der Waals surface area contributed by atoms with Crippen LogP contribution in [0.3, 0.4) is 0 Å². The summed E-state index contributed by atoms with van der Waals surface area (Å²) in [5, 5.41) is 0. The van der Waals surface area contributed by atoms with Crippen molar-refractivity contribution in [2.75, 3.05) is 5.73 Å². The summed E-state index contributed by atoms with van der Waals surface area (Å²) in [4.78, 5) is 0. The smallest absolute Gasteiger partial charge is 0.419 e. The van der Waals surface area contributed by atoms with Crippen LogP contribution in [0.5, 0.6) is 0 Å². The molecule has 0 atom stereocenters. The monoisotopic (exact) mass is 99.1 g/mol. The molecule has 2 N–H and O–H groups in total. The second-order valence-corrected chi connectivity index (χ2v) is 1.33. The van der Waals surface area contributed by atoms with Crippen LogP contribution in [-0.2, 0) is 0 Å². The topological polar surface area (TPSA) is 26.0 Å². The maximum Gasteiger partial charge on any atom is 1.00 e. The van der Waals surface area contributed by atoms with E-state index < -0.39 is 0 Å². The van der Waals surface area contributed by atoms with Gasteiger partial charge in [0.15, 0.2) is 0 Å². The number of rotatable bonds is 0. The van der Waals surface area contributed by atoms with Gasteiger partial charge in [0.05, 0.1) is 0 Å². The summed E-state index contributed by atoms with van der Waals surface area (Å²) in [7, 11) is 0. The van der Waals surface area contributed by atoms with E-state index in [9.17, 15) is 0 Å². The van der Waals surface area contributed by atoms with Crippen LogP contribution in [0.1, 0.15) is 0 Å². The van der Waals surface area contributed by atoms with Gasteiger partial charge in [0.1, 0.15) is 0 Å². The Kier molecular flexibility index (Phi) is 3.43. The number of hydrogen-bond donors (Lipinski definition) is 1. The molecular formula is C6H6LiN. The molecule has 0 aromatic heterocycles. The molecule has 0 bridgehead atoms. The van der Waals surface area contributed by atoms with Gasteiger partial charge in [0.25, 0.3) is 0 Å². The zero-order valence-corrected chi connectivity index (χ0v) is 4.89. The summed E-state index contributed by atoms with van der Waals surface area (Å²) in [6.07, 6.45) is 0. The molecule has 0 aliphatic heterocycles. The van der Waals surface area contributed by atoms with Crippen molar-refractivity contribution in [3.63, 3.8) is 0 Å². The average molecular weight is 99.1 g/mol. The Bertz CT molecular complexity index is 138. The molecule has 1 rings (SSSR count). The van der Waals surface area contributed by atoms with Crippen LogP contribution in [-0.4, -0.2) is 0 Å². The molecule has 8 heavy (non-hydrogen) atoms. The second kappa shape index (κ2) is 3.60. The molecule has 0 amide bonds. The van der Waals surface area contributed by atoms with Crippen LogP contribution >= 0.6 is 0 Å². The van der Waals surface area contributed by atoms with Crippen molar-refractivity contribution >= 4 is 5.69 Å². The Balaban J connectivity index is 0.000000490. The Labute approximate surface area is 61.1 Å². The molecule has 2 heteroatoms. The molecule has 1 aromatic rings. The number of anilines is 1. The van der Waals surface area contributed by atoms with E-state index in [-0.39, 0.29) is 18.9 Å². The van der Waals surface area contributed by atoms with Crippen molar-refractivity contribution in [2.45, 2.75) is 0 Å². The molecule has 0 spiro atoms. The predicted octanol–water partition coefficient (Wildman–Crippen LogP) is -1.93. The summed E-state index contributed by atoms with van der Waals surface area (Å²) < 4.78 is 0. The van der Waals surface area contributed by atoms with Crippen molar-refractivity contribution in [3.8, 4) is 0 Å². The molecule has 1 nitrogen and oxygen atoms in total. The normalized spacial score (nSPS) is 7.50. The van der Waals surface area contributed by atoms with Gasteiger partial charge >= 0.3 is 18.9 Å². The van der Waals surface area contributed by atoms with Gasteiger partial charge in [-0.25, -0.2) is 0 Å². The fourth-order valence-corrected chi connectivity index (χ4v) is 0.400. The minimum atomic E-state index is 0. The van der Waals surface area contributed by atoms with Crippen LogP contribution in [0.4, 0.5) is 5.69 Å². The van der Waals surface area contributed by atoms with Crippen LogP contribution in [0.25, 0.3) is 0 Å². The molecular weight excluding hydrogens is 93.0 g/mol. The van der Waals surface area contributed by atoms with E-state index in [1.165, 1.54) is 0 Å². The van der Waals surface area contributed by atoms with Crippen LogP contribution in [0, 0.1) is 6.07 Å². The van der Waals surface area contributed by atoms with Crippen molar-refractivity contribution in [1.82, 2.24) is 0 Å². The maximum absolute atomic E-state index is 5.34. The third kappa shape index (κ3) is 2.06. The van der Waals surface area contributed by atoms with E-state index in [0.29, 0.717) is 0 Å². The molecule has 0 fully saturated rings. The molecule has 0 heterocycles. The first-order valence-corrected chi connectivity index (χ1v) is 2.11. The zero-order valence-electron chi connectivity index (χ0n) is 4.89. The SMILES string of the molecule is Nc1cc[c-]cc1.[Li+]. The third-order valence-corrected chi connectivity index (χ3v) is 0.744. The summed E-state index contributed by atoms with van der Waals surface area (Å²) in [6, 6.07) is 10.0. The van der Waals surface area contributed by atoms with Crippen molar-refractivity contribution < 1.29 is 18.9 Å². The summed E-state index contributed by atoms with van der Waals surface area (Å²) in [5.41, 5.74) is 6.13. The Hall–Kier alpha value is -0.383. The van der Waals surface area contributed by atoms with Gasteiger partial charge in [0.2, 0.25) is 0 Å². The van der Waals surface area contributed by atoms with Gasteiger partial charge in [-0.2, -0.15) is 18.2 Å². The summed E-state index contributed by atoms with van der Waals surface area (Å²) in [5.74, 6) is 0. The van der Waals surface area contributed by atoms with E-state index in [4.69, 9.17) is 5.73 Å². The Morgan fingerprint density at radius 1 is 1.25 bits per heavy atom. The molecule has 0 saturated heterocycles. The fourth-order valence-electron chi connectivity index (χ4n) is 0.400. The van der Waals surface area contributed by atoms with Crippen LogP contribution < -0.4 is 24.6 Å². The average Bonchev–Trinajstić information content (AvgIpc) is 1.69. The summed E-state index contributed by atoms with van der Waals surface area (Å²) >= 11 is 0. The number of nitrogens with two attached hydrogens (primary N) is 1. The number of hydrogen-bond acceptors (Lipinski definition) is 1. The molecule has 36 valence electrons. The molecule has 1 aromatic carbocycles. The largest absolute Gasteiger partial charge is 1.00 e. The van der Waals surface area contributed by atoms with E-state index in [0.717, 1.165) is 5.69 Å². The number of nitrogen functional groups attached to an aromatic ring is 1. The fraction of sp³-hybridized carbons (Fsp3) is 0. The molecule has 0 radical (unpaired) electrons. The molecule has 0 aliphatic carbocycles. The van der Waals surface area contributed by atoms with Crippen LogP contribution in [0.2, 0.25) is 0 Å².